The molecule has 2 saturated heterocycles. The quantitative estimate of drug-likeness (QED) is 0.847. The summed E-state index contributed by atoms with van der Waals surface area (Å²) in [6.07, 6.45) is 10.7. The first-order chi connectivity index (χ1) is 12.6. The van der Waals surface area contributed by atoms with Gasteiger partial charge < -0.3 is 14.4 Å². The van der Waals surface area contributed by atoms with Gasteiger partial charge in [0.25, 0.3) is 0 Å². The van der Waals surface area contributed by atoms with Crippen LogP contribution in [0.1, 0.15) is 43.1 Å². The predicted octanol–water partition coefficient (Wildman–Crippen LogP) is 2.46. The number of aryl methyl sites for hydroxylation is 1. The van der Waals surface area contributed by atoms with E-state index >= 15 is 0 Å². The third kappa shape index (κ3) is 3.53. The van der Waals surface area contributed by atoms with Crippen molar-refractivity contribution in [2.75, 3.05) is 33.2 Å². The molecular weight excluding hydrogens is 324 g/mol. The molecule has 26 heavy (non-hydrogen) atoms. The van der Waals surface area contributed by atoms with Crippen LogP contribution in [0.2, 0.25) is 0 Å². The number of rotatable bonds is 3. The molecule has 0 aromatic carbocycles. The molecule has 2 aromatic rings. The van der Waals surface area contributed by atoms with Crippen LogP contribution in [0.4, 0.5) is 0 Å². The number of piperidine rings is 2. The average molecular weight is 355 g/mol. The van der Waals surface area contributed by atoms with Crippen molar-refractivity contribution in [2.24, 2.45) is 7.05 Å². The first-order valence-electron chi connectivity index (χ1n) is 9.85. The molecule has 0 aliphatic carbocycles. The predicted molar refractivity (Wildman–Crippen MR) is 103 cm³/mol. The van der Waals surface area contributed by atoms with Gasteiger partial charge in [-0.05, 0) is 65.8 Å². The van der Waals surface area contributed by atoms with Crippen LogP contribution in [-0.2, 0) is 7.05 Å². The van der Waals surface area contributed by atoms with Crippen LogP contribution in [0.15, 0.2) is 18.6 Å². The highest BCUT2D eigenvalue weighted by Crippen LogP contribution is 2.30. The summed E-state index contributed by atoms with van der Waals surface area (Å²) < 4.78 is 2.08. The molecule has 0 bridgehead atoms. The van der Waals surface area contributed by atoms with E-state index in [2.05, 4.69) is 31.4 Å². The van der Waals surface area contributed by atoms with Crippen molar-refractivity contribution < 1.29 is 0 Å². The van der Waals surface area contributed by atoms with E-state index in [-0.39, 0.29) is 0 Å². The largest absolute Gasteiger partial charge is 0.330 e. The summed E-state index contributed by atoms with van der Waals surface area (Å²) in [5.41, 5.74) is 3.12. The maximum atomic E-state index is 4.94. The van der Waals surface area contributed by atoms with Gasteiger partial charge in [-0.1, -0.05) is 0 Å². The van der Waals surface area contributed by atoms with E-state index in [1.165, 1.54) is 51.9 Å². The Bertz CT molecular complexity index is 739. The number of likely N-dealkylation sites (tertiary alicyclic amines) is 2. The lowest BCUT2D eigenvalue weighted by Crippen LogP contribution is -2.46. The molecule has 6 nitrogen and oxygen atoms in total. The Morgan fingerprint density at radius 1 is 0.923 bits per heavy atom. The zero-order chi connectivity index (χ0) is 18.1. The molecule has 0 atom stereocenters. The second-order valence-corrected chi connectivity index (χ2v) is 7.92. The molecule has 6 heteroatoms. The monoisotopic (exact) mass is 354 g/mol. The smallest absolute Gasteiger partial charge is 0.107 e. The summed E-state index contributed by atoms with van der Waals surface area (Å²) in [4.78, 5) is 19.0. The van der Waals surface area contributed by atoms with Crippen molar-refractivity contribution in [3.63, 3.8) is 0 Å². The molecule has 2 aromatic heterocycles. The summed E-state index contributed by atoms with van der Waals surface area (Å²) in [6, 6.07) is 0.780. The summed E-state index contributed by atoms with van der Waals surface area (Å²) >= 11 is 0. The van der Waals surface area contributed by atoms with Crippen molar-refractivity contribution in [1.29, 1.82) is 0 Å². The van der Waals surface area contributed by atoms with Gasteiger partial charge in [0.2, 0.25) is 0 Å². The fourth-order valence-electron chi connectivity index (χ4n) is 4.36. The zero-order valence-electron chi connectivity index (χ0n) is 16.2. The van der Waals surface area contributed by atoms with Crippen molar-refractivity contribution in [2.45, 2.75) is 44.6 Å². The van der Waals surface area contributed by atoms with Crippen LogP contribution in [0.25, 0.3) is 11.4 Å². The van der Waals surface area contributed by atoms with Crippen molar-refractivity contribution >= 4 is 0 Å². The topological polar surface area (TPSA) is 50.1 Å². The van der Waals surface area contributed by atoms with E-state index in [1.54, 1.807) is 0 Å². The lowest BCUT2D eigenvalue weighted by atomic mass is 9.91. The van der Waals surface area contributed by atoms with Gasteiger partial charge >= 0.3 is 0 Å². The Morgan fingerprint density at radius 2 is 1.65 bits per heavy atom. The maximum absolute atomic E-state index is 4.94. The van der Waals surface area contributed by atoms with E-state index in [1.807, 2.05) is 32.6 Å². The highest BCUT2D eigenvalue weighted by molar-refractivity contribution is 5.53. The minimum atomic E-state index is 0.527. The van der Waals surface area contributed by atoms with Gasteiger partial charge in [-0.15, -0.1) is 0 Å². The highest BCUT2D eigenvalue weighted by atomic mass is 15.2. The van der Waals surface area contributed by atoms with Gasteiger partial charge in [-0.3, -0.25) is 4.98 Å². The molecule has 0 N–H and O–H groups in total. The Balaban J connectivity index is 1.42. The number of hydrogen-bond donors (Lipinski definition) is 0. The first-order valence-corrected chi connectivity index (χ1v) is 9.85. The summed E-state index contributed by atoms with van der Waals surface area (Å²) in [7, 11) is 4.27. The van der Waals surface area contributed by atoms with Gasteiger partial charge in [0.05, 0.1) is 23.8 Å². The molecule has 4 rings (SSSR count). The molecule has 2 aliphatic heterocycles. The lowest BCUT2D eigenvalue weighted by Gasteiger charge is -2.41. The van der Waals surface area contributed by atoms with E-state index in [4.69, 9.17) is 4.98 Å². The van der Waals surface area contributed by atoms with Crippen LogP contribution in [0.3, 0.4) is 0 Å². The minimum absolute atomic E-state index is 0.527. The van der Waals surface area contributed by atoms with Gasteiger partial charge in [-0.2, -0.15) is 0 Å². The fourth-order valence-corrected chi connectivity index (χ4v) is 4.36. The van der Waals surface area contributed by atoms with Crippen molar-refractivity contribution in [1.82, 2.24) is 29.3 Å². The number of hydrogen-bond acceptors (Lipinski definition) is 5. The third-order valence-electron chi connectivity index (χ3n) is 6.29. The van der Waals surface area contributed by atoms with E-state index in [0.717, 1.165) is 28.9 Å². The molecule has 2 fully saturated rings. The fraction of sp³-hybridized carbons (Fsp3) is 0.650. The van der Waals surface area contributed by atoms with Crippen LogP contribution in [0, 0.1) is 6.92 Å². The summed E-state index contributed by atoms with van der Waals surface area (Å²) in [5, 5.41) is 0. The molecule has 0 saturated carbocycles. The Morgan fingerprint density at radius 3 is 2.31 bits per heavy atom. The summed E-state index contributed by atoms with van der Waals surface area (Å²) in [5.74, 6) is 1.53. The standard InChI is InChI=1S/C20H30N6/c1-15-22-14-20(25(15)3)19-13-21-12-18(23-19)16-4-10-26(11-5-16)17-6-8-24(2)9-7-17/h12-14,16-17H,4-11H2,1-3H3. The molecule has 0 amide bonds. The van der Waals surface area contributed by atoms with Gasteiger partial charge in [0.1, 0.15) is 11.5 Å². The molecular formula is C20H30N6. The van der Waals surface area contributed by atoms with E-state index in [0.29, 0.717) is 5.92 Å². The molecule has 0 unspecified atom stereocenters. The number of nitrogens with zero attached hydrogens (tertiary/aromatic N) is 6. The normalized spacial score (nSPS) is 21.3. The third-order valence-corrected chi connectivity index (χ3v) is 6.29. The number of imidazole rings is 1. The molecule has 2 aliphatic rings. The molecule has 4 heterocycles. The van der Waals surface area contributed by atoms with E-state index < -0.39 is 0 Å². The summed E-state index contributed by atoms with van der Waals surface area (Å²) in [6.45, 7) is 6.87. The first kappa shape index (κ1) is 17.6. The van der Waals surface area contributed by atoms with Crippen LogP contribution >= 0.6 is 0 Å². The zero-order valence-corrected chi connectivity index (χ0v) is 16.2. The van der Waals surface area contributed by atoms with Crippen molar-refractivity contribution in [3.05, 3.63) is 30.1 Å². The van der Waals surface area contributed by atoms with Gasteiger partial charge in [0.15, 0.2) is 0 Å². The van der Waals surface area contributed by atoms with Crippen LogP contribution < -0.4 is 0 Å². The Hall–Kier alpha value is -1.79. The Kier molecular flexibility index (Phi) is 5.05. The second kappa shape index (κ2) is 7.45. The average Bonchev–Trinajstić information content (AvgIpc) is 3.01. The van der Waals surface area contributed by atoms with Crippen molar-refractivity contribution in [3.8, 4) is 11.4 Å². The molecule has 140 valence electrons. The Labute approximate surface area is 156 Å². The maximum Gasteiger partial charge on any atom is 0.107 e. The van der Waals surface area contributed by atoms with Gasteiger partial charge in [0, 0.05) is 25.2 Å². The highest BCUT2D eigenvalue weighted by Gasteiger charge is 2.28. The minimum Gasteiger partial charge on any atom is -0.330 e. The second-order valence-electron chi connectivity index (χ2n) is 7.92. The van der Waals surface area contributed by atoms with Crippen LogP contribution in [-0.4, -0.2) is 68.6 Å². The number of aromatic nitrogens is 4. The van der Waals surface area contributed by atoms with E-state index in [9.17, 15) is 0 Å². The molecule has 0 spiro atoms. The SMILES string of the molecule is Cc1ncc(-c2cncc(C3CCN(C4CCN(C)CC4)CC3)n2)n1C. The lowest BCUT2D eigenvalue weighted by molar-refractivity contribution is 0.0961. The van der Waals surface area contributed by atoms with Crippen LogP contribution in [0.5, 0.6) is 0 Å². The molecule has 0 radical (unpaired) electrons. The van der Waals surface area contributed by atoms with Gasteiger partial charge in [-0.25, -0.2) is 9.97 Å².